The molecule has 3 aromatic rings. The predicted molar refractivity (Wildman–Crippen MR) is 142 cm³/mol. The van der Waals surface area contributed by atoms with Gasteiger partial charge in [0.1, 0.15) is 5.60 Å². The van der Waals surface area contributed by atoms with Crippen LogP contribution >= 0.6 is 0 Å². The van der Waals surface area contributed by atoms with Crippen molar-refractivity contribution in [3.63, 3.8) is 0 Å². The Morgan fingerprint density at radius 3 is 2.26 bits per heavy atom. The standard InChI is InChI=1S/C30H32O9/c1-16-12-18-13-21-25(38-15-37-21)26(35-5)22(18)23-19(14-20(33-3)24(34-4)27(23)36-6)28(30(16,2)32)39-29(31)17-10-8-7-9-11-17/h7-11,13-14,16,28,32H,12,15H2,1-6H3/t16-,28-,30-/m0/s1. The van der Waals surface area contributed by atoms with Crippen LogP contribution < -0.4 is 28.4 Å². The van der Waals surface area contributed by atoms with E-state index < -0.39 is 17.7 Å². The molecule has 0 saturated heterocycles. The molecule has 3 atom stereocenters. The van der Waals surface area contributed by atoms with Crippen LogP contribution in [0.15, 0.2) is 42.5 Å². The van der Waals surface area contributed by atoms with Crippen LogP contribution in [-0.2, 0) is 11.2 Å². The summed E-state index contributed by atoms with van der Waals surface area (Å²) in [6.45, 7) is 3.63. The van der Waals surface area contributed by atoms with Crippen molar-refractivity contribution < 1.29 is 43.1 Å². The normalized spacial score (nSPS) is 21.1. The molecule has 9 nitrogen and oxygen atoms in total. The summed E-state index contributed by atoms with van der Waals surface area (Å²) in [5, 5.41) is 12.1. The van der Waals surface area contributed by atoms with Gasteiger partial charge in [-0.3, -0.25) is 0 Å². The third kappa shape index (κ3) is 4.27. The smallest absolute Gasteiger partial charge is 0.338 e. The molecule has 0 fully saturated rings. The Kier molecular flexibility index (Phi) is 6.94. The number of carbonyl (C=O) groups excluding carboxylic acids is 1. The van der Waals surface area contributed by atoms with Crippen molar-refractivity contribution in [3.8, 4) is 45.6 Å². The van der Waals surface area contributed by atoms with Gasteiger partial charge in [-0.2, -0.15) is 0 Å². The lowest BCUT2D eigenvalue weighted by Crippen LogP contribution is -2.43. The Balaban J connectivity index is 1.87. The van der Waals surface area contributed by atoms with Crippen molar-refractivity contribution in [2.45, 2.75) is 32.0 Å². The van der Waals surface area contributed by atoms with Crippen LogP contribution in [0.1, 0.15) is 41.4 Å². The molecule has 1 aliphatic heterocycles. The number of carbonyl (C=O) groups is 1. The SMILES string of the molecule is COc1cc2c(c(OC)c1OC)-c1c(cc3c(c1OC)OCO3)C[C@H](C)[C@](C)(O)[C@H]2OC(=O)c1ccccc1. The maximum Gasteiger partial charge on any atom is 0.338 e. The molecule has 0 bridgehead atoms. The van der Waals surface area contributed by atoms with Gasteiger partial charge >= 0.3 is 5.97 Å². The van der Waals surface area contributed by atoms with E-state index in [0.717, 1.165) is 5.56 Å². The zero-order chi connectivity index (χ0) is 27.9. The summed E-state index contributed by atoms with van der Waals surface area (Å²) in [5.74, 6) is 1.51. The molecule has 0 aromatic heterocycles. The summed E-state index contributed by atoms with van der Waals surface area (Å²) in [5.41, 5.74) is 1.34. The Morgan fingerprint density at radius 2 is 1.62 bits per heavy atom. The second-order valence-corrected chi connectivity index (χ2v) is 9.77. The Bertz CT molecular complexity index is 1400. The van der Waals surface area contributed by atoms with E-state index in [1.807, 2.05) is 19.1 Å². The molecule has 0 unspecified atom stereocenters. The van der Waals surface area contributed by atoms with E-state index in [4.69, 9.17) is 33.2 Å². The molecule has 9 heteroatoms. The fourth-order valence-electron chi connectivity index (χ4n) is 5.37. The van der Waals surface area contributed by atoms with E-state index in [-0.39, 0.29) is 12.7 Å². The molecule has 0 saturated carbocycles. The van der Waals surface area contributed by atoms with Gasteiger partial charge in [0, 0.05) is 16.7 Å². The maximum absolute atomic E-state index is 13.4. The third-order valence-electron chi connectivity index (χ3n) is 7.59. The number of benzene rings is 3. The van der Waals surface area contributed by atoms with Crippen molar-refractivity contribution in [1.82, 2.24) is 0 Å². The number of hydrogen-bond donors (Lipinski definition) is 1. The molecule has 1 N–H and O–H groups in total. The number of ether oxygens (including phenoxy) is 7. The number of methoxy groups -OCH3 is 4. The molecule has 3 aromatic carbocycles. The largest absolute Gasteiger partial charge is 0.493 e. The van der Waals surface area contributed by atoms with E-state index in [9.17, 15) is 9.90 Å². The van der Waals surface area contributed by atoms with Gasteiger partial charge in [-0.1, -0.05) is 25.1 Å². The van der Waals surface area contributed by atoms with Crippen LogP contribution in [0, 0.1) is 5.92 Å². The number of aliphatic hydroxyl groups is 1. The van der Waals surface area contributed by atoms with Crippen molar-refractivity contribution in [2.75, 3.05) is 35.2 Å². The zero-order valence-corrected chi connectivity index (χ0v) is 22.8. The van der Waals surface area contributed by atoms with Crippen LogP contribution in [-0.4, -0.2) is 51.9 Å². The summed E-state index contributed by atoms with van der Waals surface area (Å²) in [6.07, 6.45) is -0.710. The lowest BCUT2D eigenvalue weighted by molar-refractivity contribution is -0.107. The van der Waals surface area contributed by atoms with E-state index in [1.165, 1.54) is 21.3 Å². The molecule has 1 aliphatic carbocycles. The average molecular weight is 537 g/mol. The topological polar surface area (TPSA) is 102 Å². The molecular weight excluding hydrogens is 504 g/mol. The van der Waals surface area contributed by atoms with E-state index in [0.29, 0.717) is 63.2 Å². The first kappa shape index (κ1) is 26.5. The van der Waals surface area contributed by atoms with Crippen LogP contribution in [0.4, 0.5) is 0 Å². The number of hydrogen-bond acceptors (Lipinski definition) is 9. The van der Waals surface area contributed by atoms with Gasteiger partial charge < -0.3 is 38.3 Å². The van der Waals surface area contributed by atoms with Crippen molar-refractivity contribution in [3.05, 3.63) is 59.2 Å². The lowest BCUT2D eigenvalue weighted by Gasteiger charge is -2.41. The average Bonchev–Trinajstić information content (AvgIpc) is 3.42. The second kappa shape index (κ2) is 10.2. The zero-order valence-electron chi connectivity index (χ0n) is 22.8. The molecule has 2 aliphatic rings. The van der Waals surface area contributed by atoms with Crippen molar-refractivity contribution in [2.24, 2.45) is 5.92 Å². The maximum atomic E-state index is 13.4. The first-order valence-corrected chi connectivity index (χ1v) is 12.6. The molecular formula is C30H32O9. The summed E-state index contributed by atoms with van der Waals surface area (Å²) < 4.78 is 40.9. The van der Waals surface area contributed by atoms with Gasteiger partial charge in [0.2, 0.25) is 18.3 Å². The third-order valence-corrected chi connectivity index (χ3v) is 7.59. The van der Waals surface area contributed by atoms with Gasteiger partial charge in [-0.05, 0) is 49.1 Å². The fourth-order valence-corrected chi connectivity index (χ4v) is 5.37. The summed E-state index contributed by atoms with van der Waals surface area (Å²) in [6, 6.07) is 12.3. The van der Waals surface area contributed by atoms with Crippen LogP contribution in [0.5, 0.6) is 34.5 Å². The molecule has 39 heavy (non-hydrogen) atoms. The Hall–Kier alpha value is -4.11. The number of fused-ring (bicyclic) bond motifs is 4. The Labute approximate surface area is 227 Å². The number of esters is 1. The minimum atomic E-state index is -1.51. The summed E-state index contributed by atoms with van der Waals surface area (Å²) in [7, 11) is 6.08. The highest BCUT2D eigenvalue weighted by atomic mass is 16.7. The van der Waals surface area contributed by atoms with E-state index >= 15 is 0 Å². The highest BCUT2D eigenvalue weighted by molar-refractivity contribution is 5.91. The number of rotatable bonds is 6. The van der Waals surface area contributed by atoms with Gasteiger partial charge in [-0.25, -0.2) is 4.79 Å². The minimum Gasteiger partial charge on any atom is -0.493 e. The van der Waals surface area contributed by atoms with Crippen LogP contribution in [0.2, 0.25) is 0 Å². The molecule has 1 heterocycles. The molecule has 0 amide bonds. The van der Waals surface area contributed by atoms with E-state index in [1.54, 1.807) is 44.4 Å². The molecule has 0 radical (unpaired) electrons. The molecule has 5 rings (SSSR count). The summed E-state index contributed by atoms with van der Waals surface area (Å²) in [4.78, 5) is 13.4. The highest BCUT2D eigenvalue weighted by Gasteiger charge is 2.47. The van der Waals surface area contributed by atoms with Gasteiger partial charge in [0.05, 0.1) is 34.0 Å². The highest BCUT2D eigenvalue weighted by Crippen LogP contribution is 2.59. The summed E-state index contributed by atoms with van der Waals surface area (Å²) >= 11 is 0. The van der Waals surface area contributed by atoms with Gasteiger partial charge in [0.15, 0.2) is 29.1 Å². The van der Waals surface area contributed by atoms with Crippen LogP contribution in [0.3, 0.4) is 0 Å². The molecule has 206 valence electrons. The Morgan fingerprint density at radius 1 is 0.923 bits per heavy atom. The predicted octanol–water partition coefficient (Wildman–Crippen LogP) is 4.96. The molecule has 0 spiro atoms. The first-order valence-electron chi connectivity index (χ1n) is 12.6. The van der Waals surface area contributed by atoms with Crippen molar-refractivity contribution >= 4 is 5.97 Å². The van der Waals surface area contributed by atoms with Gasteiger partial charge in [0.25, 0.3) is 0 Å². The van der Waals surface area contributed by atoms with E-state index in [2.05, 4.69) is 0 Å². The second-order valence-electron chi connectivity index (χ2n) is 9.77. The quantitative estimate of drug-likeness (QED) is 0.438. The van der Waals surface area contributed by atoms with Crippen molar-refractivity contribution in [1.29, 1.82) is 0 Å². The fraction of sp³-hybridized carbons (Fsp3) is 0.367. The monoisotopic (exact) mass is 536 g/mol. The minimum absolute atomic E-state index is 0.0507. The van der Waals surface area contributed by atoms with Crippen LogP contribution in [0.25, 0.3) is 11.1 Å². The van der Waals surface area contributed by atoms with Gasteiger partial charge in [-0.15, -0.1) is 0 Å². The first-order chi connectivity index (χ1) is 18.8. The lowest BCUT2D eigenvalue weighted by atomic mass is 9.73.